The van der Waals surface area contributed by atoms with Gasteiger partial charge in [-0.25, -0.2) is 13.1 Å². The minimum absolute atomic E-state index is 0. The van der Waals surface area contributed by atoms with Crippen molar-refractivity contribution in [1.82, 2.24) is 10.0 Å². The highest BCUT2D eigenvalue weighted by atomic mass is 35.5. The van der Waals surface area contributed by atoms with Crippen molar-refractivity contribution in [2.45, 2.75) is 24.3 Å². The fourth-order valence-corrected chi connectivity index (χ4v) is 3.39. The van der Waals surface area contributed by atoms with Gasteiger partial charge in [-0.2, -0.15) is 0 Å². The van der Waals surface area contributed by atoms with Gasteiger partial charge in [0.15, 0.2) is 0 Å². The molecular formula is C18H27Cl2N3O2S. The molecule has 5 nitrogen and oxygen atoms in total. The number of rotatable bonds is 10. The summed E-state index contributed by atoms with van der Waals surface area (Å²) in [6, 6.07) is 16.7. The zero-order valence-electron chi connectivity index (χ0n) is 14.6. The smallest absolute Gasteiger partial charge is 0.240 e. The summed E-state index contributed by atoms with van der Waals surface area (Å²) < 4.78 is 26.6. The molecule has 2 aromatic carbocycles. The number of hydrogen-bond donors (Lipinski definition) is 3. The second-order valence-corrected chi connectivity index (χ2v) is 7.35. The van der Waals surface area contributed by atoms with E-state index in [1.54, 1.807) is 30.3 Å². The molecule has 0 aliphatic carbocycles. The normalized spacial score (nSPS) is 10.7. The SMILES string of the molecule is Cl.Cl.NCc1ccc(CCCNCCNS(=O)(=O)c2ccccc2)cc1. The second-order valence-electron chi connectivity index (χ2n) is 5.59. The summed E-state index contributed by atoms with van der Waals surface area (Å²) in [7, 11) is -3.40. The molecule has 0 atom stereocenters. The maximum Gasteiger partial charge on any atom is 0.240 e. The van der Waals surface area contributed by atoms with E-state index >= 15 is 0 Å². The first-order valence-electron chi connectivity index (χ1n) is 8.15. The summed E-state index contributed by atoms with van der Waals surface area (Å²) in [6.45, 7) is 2.41. The van der Waals surface area contributed by atoms with Crippen LogP contribution in [0.15, 0.2) is 59.5 Å². The van der Waals surface area contributed by atoms with Gasteiger partial charge in [-0.1, -0.05) is 42.5 Å². The molecule has 8 heteroatoms. The van der Waals surface area contributed by atoms with E-state index in [0.717, 1.165) is 24.9 Å². The van der Waals surface area contributed by atoms with Gasteiger partial charge in [-0.15, -0.1) is 24.8 Å². The van der Waals surface area contributed by atoms with Gasteiger partial charge in [0, 0.05) is 19.6 Å². The van der Waals surface area contributed by atoms with E-state index in [0.29, 0.717) is 24.5 Å². The zero-order valence-corrected chi connectivity index (χ0v) is 17.0. The van der Waals surface area contributed by atoms with Crippen molar-refractivity contribution < 1.29 is 8.42 Å². The van der Waals surface area contributed by atoms with Crippen LogP contribution in [0.25, 0.3) is 0 Å². The molecule has 0 saturated carbocycles. The number of sulfonamides is 1. The molecule has 0 amide bonds. The summed E-state index contributed by atoms with van der Waals surface area (Å²) in [5.74, 6) is 0. The Morgan fingerprint density at radius 1 is 0.808 bits per heavy atom. The van der Waals surface area contributed by atoms with Gasteiger partial charge in [0.2, 0.25) is 10.0 Å². The predicted molar refractivity (Wildman–Crippen MR) is 112 cm³/mol. The van der Waals surface area contributed by atoms with E-state index in [4.69, 9.17) is 5.73 Å². The molecule has 146 valence electrons. The molecule has 0 saturated heterocycles. The van der Waals surface area contributed by atoms with Crippen molar-refractivity contribution in [2.24, 2.45) is 5.73 Å². The summed E-state index contributed by atoms with van der Waals surface area (Å²) >= 11 is 0. The lowest BCUT2D eigenvalue weighted by molar-refractivity contribution is 0.574. The Balaban J connectivity index is 0.00000312. The molecule has 2 rings (SSSR count). The van der Waals surface area contributed by atoms with Crippen LogP contribution in [0.2, 0.25) is 0 Å². The summed E-state index contributed by atoms with van der Waals surface area (Å²) in [6.07, 6.45) is 2.00. The average molecular weight is 420 g/mol. The Morgan fingerprint density at radius 2 is 1.42 bits per heavy atom. The van der Waals surface area contributed by atoms with Crippen LogP contribution in [0.3, 0.4) is 0 Å². The van der Waals surface area contributed by atoms with Gasteiger partial charge in [0.1, 0.15) is 0 Å². The lowest BCUT2D eigenvalue weighted by atomic mass is 10.1. The fourth-order valence-electron chi connectivity index (χ4n) is 2.34. The Bertz CT molecular complexity index is 711. The van der Waals surface area contributed by atoms with Crippen molar-refractivity contribution in [3.63, 3.8) is 0 Å². The average Bonchev–Trinajstić information content (AvgIpc) is 2.62. The third-order valence-electron chi connectivity index (χ3n) is 3.73. The first-order valence-corrected chi connectivity index (χ1v) is 9.63. The Kier molecular flexibility index (Phi) is 12.5. The molecule has 4 N–H and O–H groups in total. The van der Waals surface area contributed by atoms with Crippen LogP contribution in [0, 0.1) is 0 Å². The molecular weight excluding hydrogens is 393 g/mol. The maximum absolute atomic E-state index is 12.0. The molecule has 0 bridgehead atoms. The number of hydrogen-bond acceptors (Lipinski definition) is 4. The van der Waals surface area contributed by atoms with Crippen LogP contribution in [0.1, 0.15) is 17.5 Å². The van der Waals surface area contributed by atoms with Crippen molar-refractivity contribution in [2.75, 3.05) is 19.6 Å². The Hall–Kier alpha value is -1.15. The van der Waals surface area contributed by atoms with Gasteiger partial charge in [0.05, 0.1) is 4.90 Å². The van der Waals surface area contributed by atoms with Crippen LogP contribution in [-0.4, -0.2) is 28.1 Å². The third-order valence-corrected chi connectivity index (χ3v) is 5.20. The molecule has 0 aromatic heterocycles. The summed E-state index contributed by atoms with van der Waals surface area (Å²) in [4.78, 5) is 0.297. The zero-order chi connectivity index (χ0) is 17.3. The van der Waals surface area contributed by atoms with Crippen LogP contribution in [0.4, 0.5) is 0 Å². The minimum Gasteiger partial charge on any atom is -0.326 e. The molecule has 0 heterocycles. The van der Waals surface area contributed by atoms with Crippen LogP contribution in [0.5, 0.6) is 0 Å². The molecule has 0 fully saturated rings. The van der Waals surface area contributed by atoms with Crippen molar-refractivity contribution in [3.05, 3.63) is 65.7 Å². The van der Waals surface area contributed by atoms with Crippen molar-refractivity contribution in [1.29, 1.82) is 0 Å². The maximum atomic E-state index is 12.0. The van der Waals surface area contributed by atoms with Gasteiger partial charge in [-0.05, 0) is 42.6 Å². The van der Waals surface area contributed by atoms with Crippen LogP contribution in [-0.2, 0) is 23.0 Å². The Morgan fingerprint density at radius 3 is 2.04 bits per heavy atom. The van der Waals surface area contributed by atoms with E-state index in [1.165, 1.54) is 5.56 Å². The van der Waals surface area contributed by atoms with E-state index in [-0.39, 0.29) is 24.8 Å². The first-order chi connectivity index (χ1) is 11.6. The molecule has 0 radical (unpaired) electrons. The van der Waals surface area contributed by atoms with Gasteiger partial charge in [0.25, 0.3) is 0 Å². The number of benzene rings is 2. The highest BCUT2D eigenvalue weighted by Gasteiger charge is 2.11. The summed E-state index contributed by atoms with van der Waals surface area (Å²) in [5.41, 5.74) is 8.01. The standard InChI is InChI=1S/C18H25N3O2S.2ClH/c19-15-17-10-8-16(9-11-17)5-4-12-20-13-14-21-24(22,23)18-6-2-1-3-7-18;;/h1-3,6-11,20-21H,4-5,12-15,19H2;2*1H. The minimum atomic E-state index is -3.40. The quantitative estimate of drug-likeness (QED) is 0.516. The van der Waals surface area contributed by atoms with E-state index in [9.17, 15) is 8.42 Å². The lowest BCUT2D eigenvalue weighted by Crippen LogP contribution is -2.32. The molecule has 0 aliphatic rings. The van der Waals surface area contributed by atoms with Crippen molar-refractivity contribution >= 4 is 34.8 Å². The summed E-state index contributed by atoms with van der Waals surface area (Å²) in [5, 5.41) is 3.26. The number of halogens is 2. The van der Waals surface area contributed by atoms with Crippen molar-refractivity contribution in [3.8, 4) is 0 Å². The highest BCUT2D eigenvalue weighted by molar-refractivity contribution is 7.89. The van der Waals surface area contributed by atoms with E-state index < -0.39 is 10.0 Å². The van der Waals surface area contributed by atoms with Crippen LogP contribution < -0.4 is 15.8 Å². The molecule has 0 spiro atoms. The molecule has 2 aromatic rings. The van der Waals surface area contributed by atoms with E-state index in [1.807, 2.05) is 0 Å². The first kappa shape index (κ1) is 24.8. The highest BCUT2D eigenvalue weighted by Crippen LogP contribution is 2.07. The number of aryl methyl sites for hydroxylation is 1. The number of nitrogens with two attached hydrogens (primary N) is 1. The number of nitrogens with one attached hydrogen (secondary N) is 2. The Labute approximate surface area is 168 Å². The topological polar surface area (TPSA) is 84.2 Å². The monoisotopic (exact) mass is 419 g/mol. The van der Waals surface area contributed by atoms with Gasteiger partial charge >= 0.3 is 0 Å². The lowest BCUT2D eigenvalue weighted by Gasteiger charge is -2.08. The van der Waals surface area contributed by atoms with Gasteiger partial charge < -0.3 is 11.1 Å². The largest absolute Gasteiger partial charge is 0.326 e. The fraction of sp³-hybridized carbons (Fsp3) is 0.333. The molecule has 0 aliphatic heterocycles. The molecule has 0 unspecified atom stereocenters. The van der Waals surface area contributed by atoms with E-state index in [2.05, 4.69) is 34.3 Å². The van der Waals surface area contributed by atoms with Gasteiger partial charge in [-0.3, -0.25) is 0 Å². The second kappa shape index (κ2) is 13.1. The molecule has 26 heavy (non-hydrogen) atoms. The van der Waals surface area contributed by atoms with Crippen LogP contribution >= 0.6 is 24.8 Å². The predicted octanol–water partition coefficient (Wildman–Crippen LogP) is 2.49. The third kappa shape index (κ3) is 8.49.